The van der Waals surface area contributed by atoms with E-state index in [0.717, 1.165) is 24.2 Å². The highest BCUT2D eigenvalue weighted by atomic mass is 16.5. The van der Waals surface area contributed by atoms with Crippen molar-refractivity contribution in [3.8, 4) is 5.75 Å². The van der Waals surface area contributed by atoms with Crippen molar-refractivity contribution >= 4 is 11.9 Å². The van der Waals surface area contributed by atoms with Crippen LogP contribution < -0.4 is 15.2 Å². The molecule has 0 radical (unpaired) electrons. The van der Waals surface area contributed by atoms with Crippen molar-refractivity contribution in [1.82, 2.24) is 5.32 Å². The Labute approximate surface area is 178 Å². The van der Waals surface area contributed by atoms with Gasteiger partial charge in [0.2, 0.25) is 0 Å². The van der Waals surface area contributed by atoms with Gasteiger partial charge < -0.3 is 20.0 Å². The van der Waals surface area contributed by atoms with E-state index in [1.165, 1.54) is 12.8 Å². The Kier molecular flexibility index (Phi) is 6.80. The van der Waals surface area contributed by atoms with Gasteiger partial charge in [-0.2, -0.15) is 0 Å². The monoisotopic (exact) mass is 408 g/mol. The van der Waals surface area contributed by atoms with Crippen molar-refractivity contribution < 1.29 is 19.4 Å². The van der Waals surface area contributed by atoms with E-state index in [-0.39, 0.29) is 23.8 Å². The minimum Gasteiger partial charge on any atom is -0.550 e. The highest BCUT2D eigenvalue weighted by molar-refractivity contribution is 5.94. The molecular weight excluding hydrogens is 378 g/mol. The van der Waals surface area contributed by atoms with Crippen LogP contribution in [-0.2, 0) is 10.2 Å². The summed E-state index contributed by atoms with van der Waals surface area (Å²) in [6.45, 7) is 6.33. The number of nitrogens with one attached hydrogen (secondary N) is 1. The molecule has 160 valence electrons. The van der Waals surface area contributed by atoms with E-state index in [1.54, 1.807) is 24.3 Å². The second-order valence-corrected chi connectivity index (χ2v) is 9.02. The Morgan fingerprint density at radius 2 is 1.63 bits per heavy atom. The van der Waals surface area contributed by atoms with Crippen molar-refractivity contribution in [1.29, 1.82) is 0 Å². The van der Waals surface area contributed by atoms with E-state index in [0.29, 0.717) is 11.1 Å². The SMILES string of the molecule is CC(C)(C)c1ccc(C(=O)N[C@H](CC(=O)[O-])c2ccc(OC3CCCC3)cc2)cc1. The first-order chi connectivity index (χ1) is 14.2. The first kappa shape index (κ1) is 21.9. The Hall–Kier alpha value is -2.82. The van der Waals surface area contributed by atoms with Gasteiger partial charge in [0.05, 0.1) is 12.1 Å². The molecule has 1 atom stereocenters. The number of aliphatic carboxylic acids is 1. The molecule has 5 nitrogen and oxygen atoms in total. The lowest BCUT2D eigenvalue weighted by atomic mass is 9.86. The Morgan fingerprint density at radius 1 is 1.03 bits per heavy atom. The summed E-state index contributed by atoms with van der Waals surface area (Å²) in [6, 6.07) is 14.0. The summed E-state index contributed by atoms with van der Waals surface area (Å²) >= 11 is 0. The van der Waals surface area contributed by atoms with Gasteiger partial charge in [0.25, 0.3) is 5.91 Å². The third-order valence-corrected chi connectivity index (χ3v) is 5.58. The van der Waals surface area contributed by atoms with Gasteiger partial charge in [-0.25, -0.2) is 0 Å². The van der Waals surface area contributed by atoms with Crippen LogP contribution in [0.1, 0.15) is 80.4 Å². The molecule has 1 saturated carbocycles. The lowest BCUT2D eigenvalue weighted by Gasteiger charge is -2.22. The number of carboxylic acid groups (broad SMARTS) is 1. The van der Waals surface area contributed by atoms with E-state index in [9.17, 15) is 14.7 Å². The van der Waals surface area contributed by atoms with Gasteiger partial charge in [-0.3, -0.25) is 4.79 Å². The number of amides is 1. The van der Waals surface area contributed by atoms with Crippen LogP contribution in [-0.4, -0.2) is 18.0 Å². The number of carboxylic acids is 1. The summed E-state index contributed by atoms with van der Waals surface area (Å²) in [5.74, 6) is -0.760. The fraction of sp³-hybridized carbons (Fsp3) is 0.440. The topological polar surface area (TPSA) is 78.5 Å². The quantitative estimate of drug-likeness (QED) is 0.753. The van der Waals surface area contributed by atoms with Gasteiger partial charge in [-0.05, 0) is 66.5 Å². The third kappa shape index (κ3) is 5.85. The largest absolute Gasteiger partial charge is 0.550 e. The van der Waals surface area contributed by atoms with Gasteiger partial charge >= 0.3 is 0 Å². The van der Waals surface area contributed by atoms with Crippen LogP contribution in [0.2, 0.25) is 0 Å². The second kappa shape index (κ2) is 9.33. The van der Waals surface area contributed by atoms with Gasteiger partial charge in [-0.15, -0.1) is 0 Å². The number of benzene rings is 2. The summed E-state index contributed by atoms with van der Waals surface area (Å²) in [5.41, 5.74) is 2.32. The molecule has 5 heteroatoms. The lowest BCUT2D eigenvalue weighted by molar-refractivity contribution is -0.306. The number of rotatable bonds is 7. The zero-order valence-electron chi connectivity index (χ0n) is 17.9. The zero-order valence-corrected chi connectivity index (χ0v) is 17.9. The normalized spacial score (nSPS) is 15.6. The van der Waals surface area contributed by atoms with Gasteiger partial charge in [0.1, 0.15) is 5.75 Å². The van der Waals surface area contributed by atoms with E-state index in [2.05, 4.69) is 26.1 Å². The van der Waals surface area contributed by atoms with Gasteiger partial charge in [-0.1, -0.05) is 45.0 Å². The average molecular weight is 409 g/mol. The second-order valence-electron chi connectivity index (χ2n) is 9.02. The smallest absolute Gasteiger partial charge is 0.251 e. The third-order valence-electron chi connectivity index (χ3n) is 5.58. The lowest BCUT2D eigenvalue weighted by Crippen LogP contribution is -2.34. The standard InChI is InChI=1S/C25H31NO4/c1-25(2,3)19-12-8-18(9-13-19)24(29)26-22(16-23(27)28)17-10-14-21(15-11-17)30-20-6-4-5-7-20/h8-15,20,22H,4-7,16H2,1-3H3,(H,26,29)(H,27,28)/p-1/t22-/m1/s1. The Bertz CT molecular complexity index is 860. The molecule has 0 aliphatic heterocycles. The Balaban J connectivity index is 1.70. The van der Waals surface area contributed by atoms with E-state index in [4.69, 9.17) is 4.74 Å². The van der Waals surface area contributed by atoms with Gasteiger partial charge in [0.15, 0.2) is 0 Å². The van der Waals surface area contributed by atoms with Crippen molar-refractivity contribution in [2.24, 2.45) is 0 Å². The molecule has 3 rings (SSSR count). The molecule has 1 aliphatic carbocycles. The first-order valence-electron chi connectivity index (χ1n) is 10.6. The zero-order chi connectivity index (χ0) is 21.7. The maximum atomic E-state index is 12.7. The number of hydrogen-bond donors (Lipinski definition) is 1. The molecule has 1 fully saturated rings. The molecule has 1 aliphatic rings. The fourth-order valence-electron chi connectivity index (χ4n) is 3.76. The summed E-state index contributed by atoms with van der Waals surface area (Å²) in [4.78, 5) is 24.0. The van der Waals surface area contributed by atoms with Crippen molar-refractivity contribution in [2.75, 3.05) is 0 Å². The van der Waals surface area contributed by atoms with Crippen molar-refractivity contribution in [3.05, 3.63) is 65.2 Å². The van der Waals surface area contributed by atoms with Crippen LogP contribution in [0.4, 0.5) is 0 Å². The number of carbonyl (C=O) groups is 2. The summed E-state index contributed by atoms with van der Waals surface area (Å²) < 4.78 is 5.96. The highest BCUT2D eigenvalue weighted by Crippen LogP contribution is 2.26. The highest BCUT2D eigenvalue weighted by Gasteiger charge is 2.19. The summed E-state index contributed by atoms with van der Waals surface area (Å²) in [6.07, 6.45) is 4.48. The Morgan fingerprint density at radius 3 is 2.17 bits per heavy atom. The van der Waals surface area contributed by atoms with E-state index < -0.39 is 12.0 Å². The molecule has 0 unspecified atom stereocenters. The minimum absolute atomic E-state index is 0.00513. The maximum Gasteiger partial charge on any atom is 0.251 e. The molecule has 1 amide bonds. The van der Waals surface area contributed by atoms with E-state index >= 15 is 0 Å². The minimum atomic E-state index is -1.21. The average Bonchev–Trinajstić information content (AvgIpc) is 3.20. The first-order valence-corrected chi connectivity index (χ1v) is 10.6. The number of hydrogen-bond acceptors (Lipinski definition) is 4. The molecular formula is C25H30NO4-. The predicted octanol–water partition coefficient (Wildman–Crippen LogP) is 3.92. The fourth-order valence-corrected chi connectivity index (χ4v) is 3.76. The molecule has 0 spiro atoms. The van der Waals surface area contributed by atoms with Crippen LogP contribution in [0.25, 0.3) is 0 Å². The molecule has 2 aromatic rings. The molecule has 2 aromatic carbocycles. The molecule has 0 saturated heterocycles. The van der Waals surface area contributed by atoms with Crippen LogP contribution in [0, 0.1) is 0 Å². The molecule has 0 heterocycles. The summed E-state index contributed by atoms with van der Waals surface area (Å²) in [5, 5.41) is 14.1. The molecule has 1 N–H and O–H groups in total. The molecule has 0 bridgehead atoms. The van der Waals surface area contributed by atoms with Crippen LogP contribution in [0.15, 0.2) is 48.5 Å². The van der Waals surface area contributed by atoms with Crippen LogP contribution >= 0.6 is 0 Å². The van der Waals surface area contributed by atoms with Crippen LogP contribution in [0.3, 0.4) is 0 Å². The van der Waals surface area contributed by atoms with Gasteiger partial charge in [0, 0.05) is 18.0 Å². The number of carbonyl (C=O) groups excluding carboxylic acids is 2. The molecule has 0 aromatic heterocycles. The van der Waals surface area contributed by atoms with Crippen molar-refractivity contribution in [2.45, 2.75) is 70.4 Å². The predicted molar refractivity (Wildman–Crippen MR) is 114 cm³/mol. The van der Waals surface area contributed by atoms with Crippen LogP contribution in [0.5, 0.6) is 5.75 Å². The maximum absolute atomic E-state index is 12.7. The van der Waals surface area contributed by atoms with Crippen molar-refractivity contribution in [3.63, 3.8) is 0 Å². The number of ether oxygens (including phenoxy) is 1. The van der Waals surface area contributed by atoms with E-state index in [1.807, 2.05) is 24.3 Å². The summed E-state index contributed by atoms with van der Waals surface area (Å²) in [7, 11) is 0. The molecule has 30 heavy (non-hydrogen) atoms.